The van der Waals surface area contributed by atoms with Crippen LogP contribution in [0.1, 0.15) is 23.2 Å². The van der Waals surface area contributed by atoms with Gasteiger partial charge in [-0.3, -0.25) is 9.48 Å². The molecule has 0 aliphatic rings. The third-order valence-electron chi connectivity index (χ3n) is 4.72. The van der Waals surface area contributed by atoms with Crippen molar-refractivity contribution in [2.45, 2.75) is 26.3 Å². The molecule has 2 N–H and O–H groups in total. The van der Waals surface area contributed by atoms with E-state index in [1.807, 2.05) is 60.3 Å². The number of benzene rings is 2. The summed E-state index contributed by atoms with van der Waals surface area (Å²) in [6.45, 7) is 2.69. The number of amides is 1. The molecule has 136 valence electrons. The summed E-state index contributed by atoms with van der Waals surface area (Å²) in [5, 5.41) is 8.61. The number of hydrogen-bond acceptors (Lipinski definition) is 2. The maximum Gasteiger partial charge on any atom is 0.225 e. The molecule has 0 unspecified atom stereocenters. The predicted molar refractivity (Wildman–Crippen MR) is 108 cm³/mol. The Morgan fingerprint density at radius 1 is 1.11 bits per heavy atom. The highest BCUT2D eigenvalue weighted by molar-refractivity contribution is 5.90. The molecule has 27 heavy (non-hydrogen) atoms. The molecular weight excluding hydrogens is 336 g/mol. The fourth-order valence-corrected chi connectivity index (χ4v) is 3.28. The van der Waals surface area contributed by atoms with Gasteiger partial charge in [-0.15, -0.1) is 0 Å². The number of nitrogens with one attached hydrogen (secondary N) is 2. The van der Waals surface area contributed by atoms with E-state index in [-0.39, 0.29) is 5.91 Å². The first kappa shape index (κ1) is 17.1. The molecule has 0 aliphatic carbocycles. The molecule has 0 saturated heterocycles. The molecular formula is C22H22N4O. The minimum Gasteiger partial charge on any atom is -0.361 e. The second-order valence-corrected chi connectivity index (χ2v) is 6.72. The van der Waals surface area contributed by atoms with Crippen molar-refractivity contribution >= 4 is 22.6 Å². The summed E-state index contributed by atoms with van der Waals surface area (Å²) in [6.07, 6.45) is 3.10. The number of nitrogens with zero attached hydrogens (tertiary/aromatic N) is 2. The lowest BCUT2D eigenvalue weighted by Crippen LogP contribution is -2.13. The van der Waals surface area contributed by atoms with Gasteiger partial charge in [0.25, 0.3) is 0 Å². The Kier molecular flexibility index (Phi) is 4.75. The number of aromatic nitrogens is 3. The van der Waals surface area contributed by atoms with Gasteiger partial charge in [-0.1, -0.05) is 48.5 Å². The van der Waals surface area contributed by atoms with E-state index in [4.69, 9.17) is 0 Å². The van der Waals surface area contributed by atoms with Crippen LogP contribution in [0, 0.1) is 6.92 Å². The van der Waals surface area contributed by atoms with Crippen molar-refractivity contribution in [1.29, 1.82) is 0 Å². The zero-order valence-electron chi connectivity index (χ0n) is 15.3. The van der Waals surface area contributed by atoms with Crippen LogP contribution < -0.4 is 5.32 Å². The summed E-state index contributed by atoms with van der Waals surface area (Å²) in [6, 6.07) is 20.2. The third-order valence-corrected chi connectivity index (χ3v) is 4.72. The summed E-state index contributed by atoms with van der Waals surface area (Å²) in [5.41, 5.74) is 4.46. The minimum atomic E-state index is -0.0235. The number of aromatic amines is 1. The zero-order valence-corrected chi connectivity index (χ0v) is 15.3. The van der Waals surface area contributed by atoms with Crippen LogP contribution >= 0.6 is 0 Å². The third kappa shape index (κ3) is 3.92. The molecule has 0 bridgehead atoms. The first-order valence-electron chi connectivity index (χ1n) is 9.12. The second-order valence-electron chi connectivity index (χ2n) is 6.72. The van der Waals surface area contributed by atoms with E-state index >= 15 is 0 Å². The average molecular weight is 358 g/mol. The fraction of sp³-hybridized carbons (Fsp3) is 0.182. The van der Waals surface area contributed by atoms with E-state index < -0.39 is 0 Å². The molecule has 1 amide bonds. The molecule has 0 spiro atoms. The Bertz CT molecular complexity index is 1060. The normalized spacial score (nSPS) is 11.0. The average Bonchev–Trinajstić information content (AvgIpc) is 3.24. The SMILES string of the molecule is Cc1cc(NC(=O)CCc2c[nH]c3ccccc23)nn1Cc1ccccc1. The Balaban J connectivity index is 1.37. The van der Waals surface area contributed by atoms with E-state index in [2.05, 4.69) is 33.6 Å². The van der Waals surface area contributed by atoms with E-state index in [0.29, 0.717) is 25.2 Å². The highest BCUT2D eigenvalue weighted by atomic mass is 16.1. The Labute approximate surface area is 158 Å². The lowest BCUT2D eigenvalue weighted by Gasteiger charge is -2.04. The van der Waals surface area contributed by atoms with Gasteiger partial charge in [-0.2, -0.15) is 5.10 Å². The lowest BCUT2D eigenvalue weighted by molar-refractivity contribution is -0.116. The summed E-state index contributed by atoms with van der Waals surface area (Å²) < 4.78 is 1.91. The molecule has 4 aromatic rings. The maximum absolute atomic E-state index is 12.4. The van der Waals surface area contributed by atoms with Crippen molar-refractivity contribution in [2.24, 2.45) is 0 Å². The Morgan fingerprint density at radius 2 is 1.89 bits per heavy atom. The summed E-state index contributed by atoms with van der Waals surface area (Å²) in [4.78, 5) is 15.6. The van der Waals surface area contributed by atoms with Crippen LogP contribution in [0.15, 0.2) is 66.9 Å². The van der Waals surface area contributed by atoms with Crippen LogP contribution in [0.4, 0.5) is 5.82 Å². The molecule has 0 radical (unpaired) electrons. The number of para-hydroxylation sites is 1. The van der Waals surface area contributed by atoms with Crippen LogP contribution in [0.25, 0.3) is 10.9 Å². The van der Waals surface area contributed by atoms with Crippen LogP contribution in [-0.2, 0) is 17.8 Å². The number of hydrogen-bond donors (Lipinski definition) is 2. The van der Waals surface area contributed by atoms with E-state index in [0.717, 1.165) is 16.8 Å². The van der Waals surface area contributed by atoms with E-state index in [1.54, 1.807) is 0 Å². The predicted octanol–water partition coefficient (Wildman–Crippen LogP) is 4.29. The number of anilines is 1. The van der Waals surface area contributed by atoms with Crippen molar-refractivity contribution in [2.75, 3.05) is 5.32 Å². The Hall–Kier alpha value is -3.34. The Morgan fingerprint density at radius 3 is 2.74 bits per heavy atom. The number of carbonyl (C=O) groups excluding carboxylic acids is 1. The maximum atomic E-state index is 12.4. The van der Waals surface area contributed by atoms with Crippen molar-refractivity contribution in [1.82, 2.24) is 14.8 Å². The van der Waals surface area contributed by atoms with Gasteiger partial charge in [-0.25, -0.2) is 0 Å². The van der Waals surface area contributed by atoms with E-state index in [9.17, 15) is 4.79 Å². The highest BCUT2D eigenvalue weighted by Gasteiger charge is 2.10. The fourth-order valence-electron chi connectivity index (χ4n) is 3.28. The van der Waals surface area contributed by atoms with Crippen molar-refractivity contribution < 1.29 is 4.79 Å². The quantitative estimate of drug-likeness (QED) is 0.540. The molecule has 2 heterocycles. The van der Waals surface area contributed by atoms with Gasteiger partial charge in [0, 0.05) is 35.3 Å². The summed E-state index contributed by atoms with van der Waals surface area (Å²) in [5.74, 6) is 0.581. The molecule has 0 aliphatic heterocycles. The summed E-state index contributed by atoms with van der Waals surface area (Å²) in [7, 11) is 0. The van der Waals surface area contributed by atoms with Gasteiger partial charge < -0.3 is 10.3 Å². The smallest absolute Gasteiger partial charge is 0.225 e. The molecule has 2 aromatic heterocycles. The van der Waals surface area contributed by atoms with E-state index in [1.165, 1.54) is 10.9 Å². The molecule has 5 nitrogen and oxygen atoms in total. The van der Waals surface area contributed by atoms with Crippen LogP contribution in [-0.4, -0.2) is 20.7 Å². The topological polar surface area (TPSA) is 62.7 Å². The van der Waals surface area contributed by atoms with Crippen LogP contribution in [0.3, 0.4) is 0 Å². The van der Waals surface area contributed by atoms with Crippen molar-refractivity contribution in [3.8, 4) is 0 Å². The van der Waals surface area contributed by atoms with Crippen molar-refractivity contribution in [3.63, 3.8) is 0 Å². The first-order valence-corrected chi connectivity index (χ1v) is 9.12. The van der Waals surface area contributed by atoms with Gasteiger partial charge in [0.05, 0.1) is 6.54 Å². The molecule has 0 saturated carbocycles. The molecule has 4 rings (SSSR count). The van der Waals surface area contributed by atoms with Gasteiger partial charge in [0.2, 0.25) is 5.91 Å². The molecule has 0 fully saturated rings. The lowest BCUT2D eigenvalue weighted by atomic mass is 10.1. The second kappa shape index (κ2) is 7.50. The minimum absolute atomic E-state index is 0.0235. The standard InChI is InChI=1S/C22H22N4O/c1-16-13-21(25-26(16)15-17-7-3-2-4-8-17)24-22(27)12-11-18-14-23-20-10-6-5-9-19(18)20/h2-10,13-14,23H,11-12,15H2,1H3,(H,24,25,27). The number of carbonyl (C=O) groups is 1. The van der Waals surface area contributed by atoms with Gasteiger partial charge in [0.1, 0.15) is 0 Å². The van der Waals surface area contributed by atoms with Gasteiger partial charge >= 0.3 is 0 Å². The number of aryl methyl sites for hydroxylation is 2. The van der Waals surface area contributed by atoms with Gasteiger partial charge in [0.15, 0.2) is 5.82 Å². The van der Waals surface area contributed by atoms with Gasteiger partial charge in [-0.05, 0) is 30.5 Å². The first-order chi connectivity index (χ1) is 13.2. The van der Waals surface area contributed by atoms with Crippen LogP contribution in [0.5, 0.6) is 0 Å². The van der Waals surface area contributed by atoms with Crippen molar-refractivity contribution in [3.05, 3.63) is 83.7 Å². The largest absolute Gasteiger partial charge is 0.361 e. The number of fused-ring (bicyclic) bond motifs is 1. The number of H-pyrrole nitrogens is 1. The zero-order chi connectivity index (χ0) is 18.6. The monoisotopic (exact) mass is 358 g/mol. The van der Waals surface area contributed by atoms with Crippen LogP contribution in [0.2, 0.25) is 0 Å². The summed E-state index contributed by atoms with van der Waals surface area (Å²) >= 11 is 0. The molecule has 0 atom stereocenters. The molecule has 2 aromatic carbocycles. The number of rotatable bonds is 6. The highest BCUT2D eigenvalue weighted by Crippen LogP contribution is 2.19. The molecule has 5 heteroatoms.